The maximum Gasteiger partial charge on any atom is 0.388 e. The molecular weight excluding hydrogens is 396 g/mol. The van der Waals surface area contributed by atoms with Crippen LogP contribution in [-0.4, -0.2) is 22.3 Å². The molecule has 1 aliphatic heterocycles. The van der Waals surface area contributed by atoms with E-state index in [1.807, 2.05) is 60.7 Å². The van der Waals surface area contributed by atoms with Gasteiger partial charge >= 0.3 is 8.53 Å². The fourth-order valence-electron chi connectivity index (χ4n) is 3.94. The first-order valence-electron chi connectivity index (χ1n) is 11.1. The molecule has 1 fully saturated rings. The molecule has 2 aromatic carbocycles. The van der Waals surface area contributed by atoms with Gasteiger partial charge in [0.1, 0.15) is 11.5 Å². The summed E-state index contributed by atoms with van der Waals surface area (Å²) < 4.78 is 15.8. The van der Waals surface area contributed by atoms with Gasteiger partial charge < -0.3 is 9.05 Å². The molecule has 0 bridgehead atoms. The Balaban J connectivity index is 1.92. The number of para-hydroxylation sites is 2. The van der Waals surface area contributed by atoms with Gasteiger partial charge in [-0.05, 0) is 75.8 Å². The van der Waals surface area contributed by atoms with Crippen LogP contribution in [0.3, 0.4) is 0 Å². The third kappa shape index (κ3) is 6.17. The first-order valence-corrected chi connectivity index (χ1v) is 13.6. The van der Waals surface area contributed by atoms with E-state index in [2.05, 4.69) is 25.2 Å². The van der Waals surface area contributed by atoms with E-state index in [0.717, 1.165) is 29.4 Å². The maximum atomic E-state index is 6.56. The molecule has 0 aliphatic carbocycles. The summed E-state index contributed by atoms with van der Waals surface area (Å²) in [6.07, 6.45) is 7.58. The number of rotatable bonds is 11. The van der Waals surface area contributed by atoms with E-state index in [4.69, 9.17) is 9.05 Å². The summed E-state index contributed by atoms with van der Waals surface area (Å²) in [5.41, 5.74) is 1.58. The summed E-state index contributed by atoms with van der Waals surface area (Å²) in [7, 11) is -1.47. The molecule has 5 heteroatoms. The molecule has 0 saturated carbocycles. The minimum Gasteiger partial charge on any atom is -0.427 e. The lowest BCUT2D eigenvalue weighted by atomic mass is 10.1. The van der Waals surface area contributed by atoms with Gasteiger partial charge in [0.05, 0.1) is 0 Å². The highest BCUT2D eigenvalue weighted by Crippen LogP contribution is 2.67. The Kier molecular flexibility index (Phi) is 9.25. The molecular formula is C24H35NO2P2. The number of benzene rings is 2. The zero-order chi connectivity index (χ0) is 20.5. The zero-order valence-corrected chi connectivity index (χ0v) is 19.8. The summed E-state index contributed by atoms with van der Waals surface area (Å²) in [4.78, 5) is 0. The van der Waals surface area contributed by atoms with Crippen LogP contribution in [0.25, 0.3) is 0 Å². The van der Waals surface area contributed by atoms with Crippen molar-refractivity contribution < 1.29 is 9.05 Å². The molecule has 1 aliphatic rings. The molecule has 158 valence electrons. The summed E-state index contributed by atoms with van der Waals surface area (Å²) >= 11 is 0. The van der Waals surface area contributed by atoms with Gasteiger partial charge in [-0.2, -0.15) is 4.44 Å². The smallest absolute Gasteiger partial charge is 0.388 e. The van der Waals surface area contributed by atoms with E-state index < -0.39 is 8.53 Å². The molecule has 3 rings (SSSR count). The molecule has 2 aromatic rings. The minimum absolute atomic E-state index is 0.267. The lowest BCUT2D eigenvalue weighted by Crippen LogP contribution is -2.25. The van der Waals surface area contributed by atoms with Gasteiger partial charge in [-0.1, -0.05) is 63.6 Å². The lowest BCUT2D eigenvalue weighted by molar-refractivity contribution is 0.428. The van der Waals surface area contributed by atoms with Crippen LogP contribution >= 0.6 is 16.6 Å². The Bertz CT molecular complexity index is 647. The SMILES string of the molecule is CCCCN(P(Oc1ccccc1)Oc1ccccc1)P1[C@H](CC)CC[C@H]1CC. The van der Waals surface area contributed by atoms with E-state index >= 15 is 0 Å². The van der Waals surface area contributed by atoms with Crippen molar-refractivity contribution in [3.63, 3.8) is 0 Å². The van der Waals surface area contributed by atoms with Crippen LogP contribution < -0.4 is 9.05 Å². The number of hydrogen-bond donors (Lipinski definition) is 0. The predicted molar refractivity (Wildman–Crippen MR) is 127 cm³/mol. The average Bonchev–Trinajstić information content (AvgIpc) is 3.18. The van der Waals surface area contributed by atoms with Crippen molar-refractivity contribution in [2.24, 2.45) is 0 Å². The van der Waals surface area contributed by atoms with Gasteiger partial charge in [-0.25, -0.2) is 0 Å². The van der Waals surface area contributed by atoms with Crippen molar-refractivity contribution >= 4 is 16.6 Å². The molecule has 0 unspecified atom stereocenters. The Morgan fingerprint density at radius 3 is 1.72 bits per heavy atom. The molecule has 0 aromatic heterocycles. The highest BCUT2D eigenvalue weighted by Gasteiger charge is 2.43. The second-order valence-electron chi connectivity index (χ2n) is 7.58. The average molecular weight is 431 g/mol. The van der Waals surface area contributed by atoms with E-state index in [1.165, 1.54) is 38.5 Å². The van der Waals surface area contributed by atoms with E-state index in [1.54, 1.807) is 0 Å². The van der Waals surface area contributed by atoms with Crippen molar-refractivity contribution in [3.05, 3.63) is 60.7 Å². The molecule has 1 heterocycles. The van der Waals surface area contributed by atoms with Crippen LogP contribution in [0.2, 0.25) is 0 Å². The fourth-order valence-corrected chi connectivity index (χ4v) is 10.1. The number of unbranched alkanes of at least 4 members (excludes halogenated alkanes) is 1. The van der Waals surface area contributed by atoms with Crippen molar-refractivity contribution in [1.29, 1.82) is 0 Å². The highest BCUT2D eigenvalue weighted by atomic mass is 31.2. The number of nitrogens with zero attached hydrogens (tertiary/aromatic N) is 1. The van der Waals surface area contributed by atoms with Gasteiger partial charge in [-0.15, -0.1) is 0 Å². The Morgan fingerprint density at radius 1 is 0.828 bits per heavy atom. The van der Waals surface area contributed by atoms with Crippen LogP contribution in [0, 0.1) is 0 Å². The summed E-state index contributed by atoms with van der Waals surface area (Å²) in [5.74, 6) is 1.79. The normalized spacial score (nSPS) is 19.8. The number of hydrogen-bond acceptors (Lipinski definition) is 3. The van der Waals surface area contributed by atoms with Crippen LogP contribution in [0.4, 0.5) is 0 Å². The molecule has 1 saturated heterocycles. The van der Waals surface area contributed by atoms with Crippen LogP contribution in [-0.2, 0) is 0 Å². The second kappa shape index (κ2) is 11.9. The molecule has 29 heavy (non-hydrogen) atoms. The topological polar surface area (TPSA) is 21.7 Å². The molecule has 3 nitrogen and oxygen atoms in total. The van der Waals surface area contributed by atoms with E-state index in [9.17, 15) is 0 Å². The highest BCUT2D eigenvalue weighted by molar-refractivity contribution is 7.67. The fraction of sp³-hybridized carbons (Fsp3) is 0.500. The summed E-state index contributed by atoms with van der Waals surface area (Å²) in [6, 6.07) is 20.4. The van der Waals surface area contributed by atoms with Gasteiger partial charge in [-0.3, -0.25) is 0 Å². The van der Waals surface area contributed by atoms with Crippen molar-refractivity contribution in [3.8, 4) is 11.5 Å². The van der Waals surface area contributed by atoms with Crippen LogP contribution in [0.1, 0.15) is 59.3 Å². The van der Waals surface area contributed by atoms with Crippen LogP contribution in [0.5, 0.6) is 11.5 Å². The molecule has 0 radical (unpaired) electrons. The molecule has 0 spiro atoms. The second-order valence-corrected chi connectivity index (χ2v) is 11.9. The van der Waals surface area contributed by atoms with Crippen molar-refractivity contribution in [2.75, 3.05) is 6.54 Å². The Morgan fingerprint density at radius 2 is 1.31 bits per heavy atom. The van der Waals surface area contributed by atoms with Gasteiger partial charge in [0, 0.05) is 6.54 Å². The predicted octanol–water partition coefficient (Wildman–Crippen LogP) is 8.22. The van der Waals surface area contributed by atoms with Gasteiger partial charge in [0.25, 0.3) is 0 Å². The molecule has 2 atom stereocenters. The Hall–Kier alpha value is -1.14. The summed E-state index contributed by atoms with van der Waals surface area (Å²) in [6.45, 7) is 8.04. The third-order valence-corrected chi connectivity index (χ3v) is 11.4. The van der Waals surface area contributed by atoms with E-state index in [-0.39, 0.29) is 8.07 Å². The Labute approximate surface area is 179 Å². The minimum atomic E-state index is -1.20. The lowest BCUT2D eigenvalue weighted by Gasteiger charge is -2.39. The summed E-state index contributed by atoms with van der Waals surface area (Å²) in [5, 5.41) is 0. The standard InChI is InChI=1S/C24H35NO2P2/c1-4-7-20-25(28-23(5-2)18-19-24(28)6-3)29(26-21-14-10-8-11-15-21)27-22-16-12-9-13-17-22/h8-17,23-24H,4-7,18-20H2,1-3H3/t23-,24-/m1/s1. The first kappa shape index (κ1) is 22.5. The third-order valence-electron chi connectivity index (χ3n) is 5.54. The maximum absolute atomic E-state index is 6.56. The van der Waals surface area contributed by atoms with Crippen molar-refractivity contribution in [1.82, 2.24) is 4.44 Å². The quantitative estimate of drug-likeness (QED) is 0.335. The van der Waals surface area contributed by atoms with Crippen LogP contribution in [0.15, 0.2) is 60.7 Å². The van der Waals surface area contributed by atoms with Gasteiger partial charge in [0.2, 0.25) is 0 Å². The molecule has 0 amide bonds. The van der Waals surface area contributed by atoms with Crippen molar-refractivity contribution in [2.45, 2.75) is 70.6 Å². The van der Waals surface area contributed by atoms with E-state index in [0.29, 0.717) is 0 Å². The molecule has 0 N–H and O–H groups in total. The monoisotopic (exact) mass is 431 g/mol. The zero-order valence-electron chi connectivity index (χ0n) is 18.0. The van der Waals surface area contributed by atoms with Gasteiger partial charge in [0.15, 0.2) is 0 Å². The first-order chi connectivity index (χ1) is 14.3. The largest absolute Gasteiger partial charge is 0.427 e.